The van der Waals surface area contributed by atoms with E-state index in [1.54, 1.807) is 12.1 Å². The van der Waals surface area contributed by atoms with Crippen LogP contribution in [0, 0.1) is 12.7 Å². The molecule has 90 valence electrons. The van der Waals surface area contributed by atoms with Crippen molar-refractivity contribution in [2.75, 3.05) is 6.61 Å². The second-order valence-electron chi connectivity index (χ2n) is 3.95. The predicted molar refractivity (Wildman–Crippen MR) is 63.8 cm³/mol. The van der Waals surface area contributed by atoms with E-state index in [-0.39, 0.29) is 11.9 Å². The molecule has 2 nitrogen and oxygen atoms in total. The number of aryl methyl sites for hydroxylation is 1. The maximum absolute atomic E-state index is 13.6. The summed E-state index contributed by atoms with van der Waals surface area (Å²) in [4.78, 5) is 0. The lowest BCUT2D eigenvalue weighted by atomic mass is 9.98. The van der Waals surface area contributed by atoms with Crippen LogP contribution in [0.1, 0.15) is 37.4 Å². The van der Waals surface area contributed by atoms with Gasteiger partial charge in [-0.3, -0.25) is 0 Å². The van der Waals surface area contributed by atoms with Gasteiger partial charge in [-0.2, -0.15) is 0 Å². The number of halogens is 1. The van der Waals surface area contributed by atoms with Crippen molar-refractivity contribution in [2.45, 2.75) is 39.3 Å². The molecule has 0 aliphatic rings. The van der Waals surface area contributed by atoms with Crippen LogP contribution in [0.4, 0.5) is 4.39 Å². The van der Waals surface area contributed by atoms with Gasteiger partial charge in [0.05, 0.1) is 12.1 Å². The van der Waals surface area contributed by atoms with Crippen molar-refractivity contribution < 1.29 is 9.13 Å². The Hall–Kier alpha value is -0.930. The van der Waals surface area contributed by atoms with Crippen molar-refractivity contribution in [3.05, 3.63) is 35.1 Å². The SMILES string of the molecule is CCOC(CC)C(N)c1cc(C)ccc1F. The normalized spacial score (nSPS) is 14.8. The van der Waals surface area contributed by atoms with Crippen molar-refractivity contribution in [3.63, 3.8) is 0 Å². The largest absolute Gasteiger partial charge is 0.377 e. The van der Waals surface area contributed by atoms with E-state index in [2.05, 4.69) is 0 Å². The first kappa shape index (κ1) is 13.1. The number of benzene rings is 1. The number of ether oxygens (including phenoxy) is 1. The van der Waals surface area contributed by atoms with Gasteiger partial charge in [-0.05, 0) is 26.3 Å². The van der Waals surface area contributed by atoms with Gasteiger partial charge in [-0.1, -0.05) is 24.6 Å². The Balaban J connectivity index is 2.93. The lowest BCUT2D eigenvalue weighted by Crippen LogP contribution is -2.29. The lowest BCUT2D eigenvalue weighted by molar-refractivity contribution is 0.0405. The van der Waals surface area contributed by atoms with Crippen molar-refractivity contribution in [2.24, 2.45) is 5.73 Å². The van der Waals surface area contributed by atoms with E-state index in [0.29, 0.717) is 12.2 Å². The standard InChI is InChI=1S/C13H20FNO/c1-4-12(16-5-2)13(15)10-8-9(3)6-7-11(10)14/h6-8,12-13H,4-5,15H2,1-3H3. The lowest BCUT2D eigenvalue weighted by Gasteiger charge is -2.23. The topological polar surface area (TPSA) is 35.2 Å². The summed E-state index contributed by atoms with van der Waals surface area (Å²) in [5.74, 6) is -0.253. The molecule has 0 spiro atoms. The minimum atomic E-state index is -0.398. The van der Waals surface area contributed by atoms with Crippen LogP contribution < -0.4 is 5.73 Å². The first-order valence-electron chi connectivity index (χ1n) is 5.73. The zero-order chi connectivity index (χ0) is 12.1. The highest BCUT2D eigenvalue weighted by Gasteiger charge is 2.20. The van der Waals surface area contributed by atoms with Gasteiger partial charge in [0, 0.05) is 12.2 Å². The summed E-state index contributed by atoms with van der Waals surface area (Å²) < 4.78 is 19.1. The molecule has 1 aromatic rings. The molecule has 0 bridgehead atoms. The first-order valence-corrected chi connectivity index (χ1v) is 5.73. The number of hydrogen-bond donors (Lipinski definition) is 1. The Morgan fingerprint density at radius 1 is 1.38 bits per heavy atom. The van der Waals surface area contributed by atoms with Crippen molar-refractivity contribution >= 4 is 0 Å². The van der Waals surface area contributed by atoms with E-state index in [4.69, 9.17) is 10.5 Å². The quantitative estimate of drug-likeness (QED) is 0.836. The van der Waals surface area contributed by atoms with Crippen LogP contribution in [-0.4, -0.2) is 12.7 Å². The van der Waals surface area contributed by atoms with Gasteiger partial charge >= 0.3 is 0 Å². The third-order valence-corrected chi connectivity index (χ3v) is 2.69. The summed E-state index contributed by atoms with van der Waals surface area (Å²) in [5.41, 5.74) is 7.59. The molecule has 2 N–H and O–H groups in total. The Morgan fingerprint density at radius 2 is 2.06 bits per heavy atom. The summed E-state index contributed by atoms with van der Waals surface area (Å²) in [6.07, 6.45) is 0.656. The van der Waals surface area contributed by atoms with Gasteiger partial charge in [-0.25, -0.2) is 4.39 Å². The van der Waals surface area contributed by atoms with Crippen LogP contribution in [0.15, 0.2) is 18.2 Å². The van der Waals surface area contributed by atoms with E-state index in [1.807, 2.05) is 20.8 Å². The van der Waals surface area contributed by atoms with Gasteiger partial charge in [0.2, 0.25) is 0 Å². The third-order valence-electron chi connectivity index (χ3n) is 2.69. The van der Waals surface area contributed by atoms with Crippen molar-refractivity contribution in [1.29, 1.82) is 0 Å². The summed E-state index contributed by atoms with van der Waals surface area (Å²) in [6, 6.07) is 4.60. The van der Waals surface area contributed by atoms with Gasteiger partial charge < -0.3 is 10.5 Å². The van der Waals surface area contributed by atoms with Crippen LogP contribution >= 0.6 is 0 Å². The molecule has 0 fully saturated rings. The summed E-state index contributed by atoms with van der Waals surface area (Å²) >= 11 is 0. The minimum absolute atomic E-state index is 0.124. The molecule has 0 aliphatic heterocycles. The molecule has 2 unspecified atom stereocenters. The highest BCUT2D eigenvalue weighted by atomic mass is 19.1. The third kappa shape index (κ3) is 3.03. The number of hydrogen-bond acceptors (Lipinski definition) is 2. The maximum Gasteiger partial charge on any atom is 0.128 e. The Labute approximate surface area is 96.6 Å². The molecule has 0 heterocycles. The van der Waals surface area contributed by atoms with Crippen LogP contribution in [-0.2, 0) is 4.74 Å². The fourth-order valence-electron chi connectivity index (χ4n) is 1.81. The molecule has 1 aromatic carbocycles. The second-order valence-corrected chi connectivity index (χ2v) is 3.95. The second kappa shape index (κ2) is 5.97. The molecule has 0 amide bonds. The van der Waals surface area contributed by atoms with Crippen LogP contribution in [0.2, 0.25) is 0 Å². The zero-order valence-corrected chi connectivity index (χ0v) is 10.2. The average molecular weight is 225 g/mol. The van der Waals surface area contributed by atoms with Crippen molar-refractivity contribution in [3.8, 4) is 0 Å². The molecule has 16 heavy (non-hydrogen) atoms. The zero-order valence-electron chi connectivity index (χ0n) is 10.2. The predicted octanol–water partition coefficient (Wildman–Crippen LogP) is 2.95. The fraction of sp³-hybridized carbons (Fsp3) is 0.538. The van der Waals surface area contributed by atoms with Crippen LogP contribution in [0.3, 0.4) is 0 Å². The van der Waals surface area contributed by atoms with E-state index in [1.165, 1.54) is 6.07 Å². The molecule has 0 aromatic heterocycles. The molecule has 1 rings (SSSR count). The highest BCUT2D eigenvalue weighted by Crippen LogP contribution is 2.22. The summed E-state index contributed by atoms with van der Waals surface area (Å²) in [5, 5.41) is 0. The molecule has 3 heteroatoms. The molecular formula is C13H20FNO. The minimum Gasteiger partial charge on any atom is -0.377 e. The van der Waals surface area contributed by atoms with Gasteiger partial charge in [-0.15, -0.1) is 0 Å². The maximum atomic E-state index is 13.6. The van der Waals surface area contributed by atoms with Gasteiger partial charge in [0.25, 0.3) is 0 Å². The van der Waals surface area contributed by atoms with E-state index in [9.17, 15) is 4.39 Å². The molecule has 0 saturated heterocycles. The van der Waals surface area contributed by atoms with E-state index < -0.39 is 6.04 Å². The molecule has 0 aliphatic carbocycles. The van der Waals surface area contributed by atoms with Gasteiger partial charge in [0.15, 0.2) is 0 Å². The Morgan fingerprint density at radius 3 is 2.62 bits per heavy atom. The summed E-state index contributed by atoms with van der Waals surface area (Å²) in [7, 11) is 0. The summed E-state index contributed by atoms with van der Waals surface area (Å²) in [6.45, 7) is 6.44. The first-order chi connectivity index (χ1) is 7.60. The van der Waals surface area contributed by atoms with E-state index in [0.717, 1.165) is 12.0 Å². The molecular weight excluding hydrogens is 205 g/mol. The monoisotopic (exact) mass is 225 g/mol. The Bertz CT molecular complexity index is 341. The molecule has 0 radical (unpaired) electrons. The van der Waals surface area contributed by atoms with E-state index >= 15 is 0 Å². The average Bonchev–Trinajstić information content (AvgIpc) is 2.28. The molecule has 2 atom stereocenters. The van der Waals surface area contributed by atoms with Gasteiger partial charge in [0.1, 0.15) is 5.82 Å². The van der Waals surface area contributed by atoms with Crippen LogP contribution in [0.25, 0.3) is 0 Å². The fourth-order valence-corrected chi connectivity index (χ4v) is 1.81. The van der Waals surface area contributed by atoms with Crippen LogP contribution in [0.5, 0.6) is 0 Å². The smallest absolute Gasteiger partial charge is 0.128 e. The van der Waals surface area contributed by atoms with Crippen molar-refractivity contribution in [1.82, 2.24) is 0 Å². The molecule has 0 saturated carbocycles. The highest BCUT2D eigenvalue weighted by molar-refractivity contribution is 5.27. The Kier molecular flexibility index (Phi) is 4.90. The number of rotatable bonds is 5. The number of nitrogens with two attached hydrogens (primary N) is 1.